The number of unbranched alkanes of at least 4 members (excludes halogenated alkanes) is 1. The molecule has 1 aromatic rings. The Balaban J connectivity index is 1.66. The Bertz CT molecular complexity index is 953. The van der Waals surface area contributed by atoms with Gasteiger partial charge in [0, 0.05) is 6.61 Å². The molecule has 0 heterocycles. The second-order valence-electron chi connectivity index (χ2n) is 10.8. The maximum Gasteiger partial charge on any atom is 0.297 e. The molecule has 0 fully saturated rings. The summed E-state index contributed by atoms with van der Waals surface area (Å²) in [6.45, 7) is 15.7. The average molecular weight is 757 g/mol. The summed E-state index contributed by atoms with van der Waals surface area (Å²) in [6, 6.07) is 6.48. The van der Waals surface area contributed by atoms with Crippen molar-refractivity contribution in [3.8, 4) is 0 Å². The van der Waals surface area contributed by atoms with Crippen molar-refractivity contribution in [1.82, 2.24) is 0 Å². The van der Waals surface area contributed by atoms with E-state index in [2.05, 4.69) is 6.92 Å². The molecule has 0 N–H and O–H groups in total. The molecule has 51 heavy (non-hydrogen) atoms. The number of aryl methyl sites for hydroxylation is 1. The maximum absolute atomic E-state index is 12.1. The summed E-state index contributed by atoms with van der Waals surface area (Å²) >= 11 is 0. The van der Waals surface area contributed by atoms with E-state index >= 15 is 0 Å². The average Bonchev–Trinajstić information content (AvgIpc) is 3.12. The second-order valence-corrected chi connectivity index (χ2v) is 12.4. The molecule has 0 bridgehead atoms. The molecule has 16 heteroatoms. The van der Waals surface area contributed by atoms with Crippen molar-refractivity contribution in [3.05, 3.63) is 29.8 Å². The molecule has 0 radical (unpaired) electrons. The Hall–Kier alpha value is -1.35. The first-order valence-corrected chi connectivity index (χ1v) is 19.4. The number of ether oxygens (including phenoxy) is 12. The Labute approximate surface area is 305 Å². The summed E-state index contributed by atoms with van der Waals surface area (Å²) < 4.78 is 94.5. The minimum Gasteiger partial charge on any atom is -0.379 e. The molecule has 0 saturated heterocycles. The summed E-state index contributed by atoms with van der Waals surface area (Å²) in [6.07, 6.45) is 2.23. The second kappa shape index (κ2) is 37.0. The smallest absolute Gasteiger partial charge is 0.297 e. The van der Waals surface area contributed by atoms with Gasteiger partial charge in [-0.25, -0.2) is 0 Å². The molecule has 0 spiro atoms. The normalized spacial score (nSPS) is 11.9. The van der Waals surface area contributed by atoms with Crippen molar-refractivity contribution in [2.75, 3.05) is 165 Å². The highest BCUT2D eigenvalue weighted by atomic mass is 32.2. The van der Waals surface area contributed by atoms with E-state index in [0.29, 0.717) is 145 Å². The predicted octanol–water partition coefficient (Wildman–Crippen LogP) is 2.70. The van der Waals surface area contributed by atoms with Crippen LogP contribution in [0.3, 0.4) is 0 Å². The number of benzene rings is 1. The molecule has 0 atom stereocenters. The molecule has 1 aromatic carbocycles. The molecule has 300 valence electrons. The number of hydrogen-bond acceptors (Lipinski definition) is 15. The maximum atomic E-state index is 12.1. The first kappa shape index (κ1) is 47.7. The van der Waals surface area contributed by atoms with E-state index in [1.54, 1.807) is 12.1 Å². The molecule has 0 aliphatic heterocycles. The molecule has 0 aliphatic rings. The van der Waals surface area contributed by atoms with Crippen molar-refractivity contribution >= 4 is 10.1 Å². The summed E-state index contributed by atoms with van der Waals surface area (Å²) in [5.41, 5.74) is 0.975. The summed E-state index contributed by atoms with van der Waals surface area (Å²) in [4.78, 5) is 0.128. The molecule has 0 unspecified atom stereocenters. The van der Waals surface area contributed by atoms with Crippen LogP contribution in [0.5, 0.6) is 0 Å². The highest BCUT2D eigenvalue weighted by Crippen LogP contribution is 2.12. The SMILES string of the molecule is CCCCOCCOCCOCCOCCOCCOCCOCCOCCOCCOCCOCCOCCOS(=O)(=O)c1ccc(C)cc1. The monoisotopic (exact) mass is 756 g/mol. The zero-order chi connectivity index (χ0) is 36.8. The molecular formula is C35H64O15S. The molecular weight excluding hydrogens is 692 g/mol. The van der Waals surface area contributed by atoms with Crippen LogP contribution in [-0.4, -0.2) is 174 Å². The van der Waals surface area contributed by atoms with E-state index in [1.807, 2.05) is 6.92 Å². The topological polar surface area (TPSA) is 154 Å². The lowest BCUT2D eigenvalue weighted by Crippen LogP contribution is -2.16. The Morgan fingerprint density at radius 1 is 0.373 bits per heavy atom. The van der Waals surface area contributed by atoms with E-state index in [9.17, 15) is 8.42 Å². The van der Waals surface area contributed by atoms with Crippen LogP contribution in [0.15, 0.2) is 29.2 Å². The lowest BCUT2D eigenvalue weighted by molar-refractivity contribution is -0.0285. The zero-order valence-corrected chi connectivity index (χ0v) is 31.7. The van der Waals surface area contributed by atoms with Crippen LogP contribution in [0.4, 0.5) is 0 Å². The van der Waals surface area contributed by atoms with Crippen LogP contribution in [0.25, 0.3) is 0 Å². The third-order valence-electron chi connectivity index (χ3n) is 6.51. The van der Waals surface area contributed by atoms with Gasteiger partial charge in [0.15, 0.2) is 0 Å². The number of hydrogen-bond donors (Lipinski definition) is 0. The van der Waals surface area contributed by atoms with Crippen LogP contribution in [-0.2, 0) is 71.1 Å². The van der Waals surface area contributed by atoms with Crippen LogP contribution in [0.2, 0.25) is 0 Å². The molecule has 0 amide bonds. The zero-order valence-electron chi connectivity index (χ0n) is 30.9. The fourth-order valence-electron chi connectivity index (χ4n) is 3.74. The van der Waals surface area contributed by atoms with Gasteiger partial charge in [-0.15, -0.1) is 0 Å². The van der Waals surface area contributed by atoms with Crippen molar-refractivity contribution < 1.29 is 69.4 Å². The lowest BCUT2D eigenvalue weighted by atomic mass is 10.2. The van der Waals surface area contributed by atoms with Gasteiger partial charge in [0.05, 0.1) is 163 Å². The minimum absolute atomic E-state index is 0.0602. The highest BCUT2D eigenvalue weighted by molar-refractivity contribution is 7.86. The fraction of sp³-hybridized carbons (Fsp3) is 0.829. The molecule has 0 aliphatic carbocycles. The van der Waals surface area contributed by atoms with Gasteiger partial charge >= 0.3 is 0 Å². The van der Waals surface area contributed by atoms with E-state index in [0.717, 1.165) is 25.0 Å². The Morgan fingerprint density at radius 3 is 0.863 bits per heavy atom. The van der Waals surface area contributed by atoms with Gasteiger partial charge < -0.3 is 56.8 Å². The first-order chi connectivity index (χ1) is 25.1. The van der Waals surface area contributed by atoms with Gasteiger partial charge in [-0.2, -0.15) is 8.42 Å². The van der Waals surface area contributed by atoms with Gasteiger partial charge in [0.2, 0.25) is 0 Å². The number of rotatable bonds is 41. The highest BCUT2D eigenvalue weighted by Gasteiger charge is 2.14. The molecule has 0 saturated carbocycles. The first-order valence-electron chi connectivity index (χ1n) is 17.9. The van der Waals surface area contributed by atoms with Gasteiger partial charge in [0.1, 0.15) is 0 Å². The van der Waals surface area contributed by atoms with Crippen molar-refractivity contribution in [2.45, 2.75) is 31.6 Å². The van der Waals surface area contributed by atoms with Crippen molar-refractivity contribution in [1.29, 1.82) is 0 Å². The van der Waals surface area contributed by atoms with Crippen LogP contribution in [0, 0.1) is 6.92 Å². The largest absolute Gasteiger partial charge is 0.379 e. The third-order valence-corrected chi connectivity index (χ3v) is 7.84. The third kappa shape index (κ3) is 33.0. The van der Waals surface area contributed by atoms with E-state index < -0.39 is 10.1 Å². The predicted molar refractivity (Wildman–Crippen MR) is 189 cm³/mol. The van der Waals surface area contributed by atoms with Crippen LogP contribution >= 0.6 is 0 Å². The fourth-order valence-corrected chi connectivity index (χ4v) is 4.64. The van der Waals surface area contributed by atoms with Crippen molar-refractivity contribution in [3.63, 3.8) is 0 Å². The van der Waals surface area contributed by atoms with E-state index in [4.69, 9.17) is 61.0 Å². The Morgan fingerprint density at radius 2 is 0.608 bits per heavy atom. The summed E-state index contributed by atoms with van der Waals surface area (Å²) in [5, 5.41) is 0. The van der Waals surface area contributed by atoms with Gasteiger partial charge in [-0.05, 0) is 25.5 Å². The van der Waals surface area contributed by atoms with Crippen LogP contribution < -0.4 is 0 Å². The van der Waals surface area contributed by atoms with Gasteiger partial charge in [0.25, 0.3) is 10.1 Å². The lowest BCUT2D eigenvalue weighted by Gasteiger charge is -2.09. The molecule has 1 rings (SSSR count). The van der Waals surface area contributed by atoms with Gasteiger partial charge in [-0.3, -0.25) is 4.18 Å². The van der Waals surface area contributed by atoms with Crippen LogP contribution in [0.1, 0.15) is 25.3 Å². The van der Waals surface area contributed by atoms with E-state index in [-0.39, 0.29) is 18.1 Å². The van der Waals surface area contributed by atoms with Gasteiger partial charge in [-0.1, -0.05) is 31.0 Å². The summed E-state index contributed by atoms with van der Waals surface area (Å²) in [5.74, 6) is 0. The summed E-state index contributed by atoms with van der Waals surface area (Å²) in [7, 11) is -3.78. The minimum atomic E-state index is -3.78. The van der Waals surface area contributed by atoms with Crippen molar-refractivity contribution in [2.24, 2.45) is 0 Å². The standard InChI is InChI=1S/C35H64O15S/c1-3-4-9-38-10-11-39-12-13-40-14-15-41-16-17-42-18-19-43-20-21-44-22-23-45-24-25-46-26-27-47-28-29-48-30-31-49-32-33-50-51(36,37)35-7-5-34(2)6-8-35/h5-8H,3-4,9-33H2,1-2H3. The molecule has 0 aromatic heterocycles. The Kier molecular flexibility index (Phi) is 34.6. The quantitative estimate of drug-likeness (QED) is 0.0710. The van der Waals surface area contributed by atoms with E-state index in [1.165, 1.54) is 12.1 Å². The molecule has 15 nitrogen and oxygen atoms in total.